The van der Waals surface area contributed by atoms with Gasteiger partial charge in [-0.1, -0.05) is 60.7 Å². The Kier molecular flexibility index (Phi) is 6.98. The number of hydrogen-bond acceptors (Lipinski definition) is 5. The van der Waals surface area contributed by atoms with Crippen LogP contribution >= 0.6 is 0 Å². The maximum absolute atomic E-state index is 12.8. The molecule has 3 aromatic carbocycles. The largest absolute Gasteiger partial charge is 0.345 e. The van der Waals surface area contributed by atoms with Crippen molar-refractivity contribution in [2.45, 2.75) is 25.9 Å². The summed E-state index contributed by atoms with van der Waals surface area (Å²) in [4.78, 5) is 42.8. The van der Waals surface area contributed by atoms with E-state index in [2.05, 4.69) is 21.2 Å². The van der Waals surface area contributed by atoms with Crippen molar-refractivity contribution < 1.29 is 9.59 Å². The Balaban J connectivity index is 1.50. The van der Waals surface area contributed by atoms with Gasteiger partial charge in [-0.15, -0.1) is 0 Å². The van der Waals surface area contributed by atoms with Crippen molar-refractivity contribution in [3.8, 4) is 0 Å². The van der Waals surface area contributed by atoms with Gasteiger partial charge >= 0.3 is 0 Å². The number of carbonyl (C=O) groups excluding carboxylic acids is 2. The smallest absolute Gasteiger partial charge is 0.262 e. The van der Waals surface area contributed by atoms with E-state index in [0.717, 1.165) is 5.56 Å². The van der Waals surface area contributed by atoms with Gasteiger partial charge in [-0.2, -0.15) is 0 Å². The first-order valence-corrected chi connectivity index (χ1v) is 11.0. The predicted octanol–water partition coefficient (Wildman–Crippen LogP) is 3.42. The second-order valence-corrected chi connectivity index (χ2v) is 7.68. The summed E-state index contributed by atoms with van der Waals surface area (Å²) in [5.74, 6) is -0.400. The molecule has 0 aliphatic heterocycles. The number of hydrazine groups is 1. The molecular formula is C26H25N5O3. The number of nitrogens with zero attached hydrogens (tertiary/aromatic N) is 2. The molecule has 1 unspecified atom stereocenters. The van der Waals surface area contributed by atoms with Gasteiger partial charge in [-0.3, -0.25) is 29.8 Å². The van der Waals surface area contributed by atoms with Crippen molar-refractivity contribution >= 4 is 28.7 Å². The minimum absolute atomic E-state index is 0.0144. The van der Waals surface area contributed by atoms with Crippen molar-refractivity contribution in [2.24, 2.45) is 0 Å². The Morgan fingerprint density at radius 1 is 0.912 bits per heavy atom. The minimum Gasteiger partial charge on any atom is -0.345 e. The summed E-state index contributed by atoms with van der Waals surface area (Å²) in [5, 5.41) is 3.44. The van der Waals surface area contributed by atoms with E-state index >= 15 is 0 Å². The molecule has 0 fully saturated rings. The molecule has 4 rings (SSSR count). The monoisotopic (exact) mass is 455 g/mol. The van der Waals surface area contributed by atoms with Crippen molar-refractivity contribution in [3.63, 3.8) is 0 Å². The molecule has 0 aliphatic carbocycles. The zero-order valence-corrected chi connectivity index (χ0v) is 18.7. The fourth-order valence-electron chi connectivity index (χ4n) is 3.69. The lowest BCUT2D eigenvalue weighted by Crippen LogP contribution is -2.37. The van der Waals surface area contributed by atoms with E-state index in [9.17, 15) is 14.4 Å². The van der Waals surface area contributed by atoms with Crippen LogP contribution in [0.25, 0.3) is 10.9 Å². The number of fused-ring (bicyclic) bond motifs is 1. The SMILES string of the molecule is CCn1c(NNC(=O)CC(NC(=O)c2ccccc2)c2ccccc2)nc2ccccc2c1=O. The zero-order valence-electron chi connectivity index (χ0n) is 18.7. The van der Waals surface area contributed by atoms with Gasteiger partial charge in [0.1, 0.15) is 0 Å². The molecule has 1 heterocycles. The van der Waals surface area contributed by atoms with Gasteiger partial charge in [0.15, 0.2) is 0 Å². The third-order valence-electron chi connectivity index (χ3n) is 5.42. The fourth-order valence-corrected chi connectivity index (χ4v) is 3.69. The van der Waals surface area contributed by atoms with Crippen molar-refractivity contribution in [1.29, 1.82) is 0 Å². The Morgan fingerprint density at radius 2 is 1.56 bits per heavy atom. The third-order valence-corrected chi connectivity index (χ3v) is 5.42. The molecule has 172 valence electrons. The fraction of sp³-hybridized carbons (Fsp3) is 0.154. The maximum atomic E-state index is 12.8. The Labute approximate surface area is 196 Å². The first-order valence-electron chi connectivity index (χ1n) is 11.0. The van der Waals surface area contributed by atoms with E-state index < -0.39 is 6.04 Å². The molecule has 0 radical (unpaired) electrons. The Hall–Kier alpha value is -4.46. The number of nitrogens with one attached hydrogen (secondary N) is 3. The van der Waals surface area contributed by atoms with Crippen molar-refractivity contribution in [2.75, 3.05) is 5.43 Å². The molecule has 4 aromatic rings. The Bertz CT molecular complexity index is 1350. The van der Waals surface area contributed by atoms with Crippen LogP contribution in [0.5, 0.6) is 0 Å². The van der Waals surface area contributed by atoms with Crippen LogP contribution in [0.15, 0.2) is 89.7 Å². The number of aromatic nitrogens is 2. The van der Waals surface area contributed by atoms with Crippen LogP contribution in [0, 0.1) is 0 Å². The average Bonchev–Trinajstić information content (AvgIpc) is 2.88. The van der Waals surface area contributed by atoms with Crippen molar-refractivity contribution in [3.05, 3.63) is 106 Å². The summed E-state index contributed by atoms with van der Waals surface area (Å²) >= 11 is 0. The van der Waals surface area contributed by atoms with Crippen LogP contribution in [-0.2, 0) is 11.3 Å². The second-order valence-electron chi connectivity index (χ2n) is 7.68. The minimum atomic E-state index is -0.548. The van der Waals surface area contributed by atoms with Crippen LogP contribution in [0.2, 0.25) is 0 Å². The lowest BCUT2D eigenvalue weighted by Gasteiger charge is -2.20. The average molecular weight is 456 g/mol. The molecule has 34 heavy (non-hydrogen) atoms. The number of anilines is 1. The molecule has 3 N–H and O–H groups in total. The topological polar surface area (TPSA) is 105 Å². The summed E-state index contributed by atoms with van der Waals surface area (Å²) in [6.45, 7) is 2.21. The van der Waals surface area contributed by atoms with Crippen LogP contribution in [0.3, 0.4) is 0 Å². The molecule has 0 aliphatic rings. The summed E-state index contributed by atoms with van der Waals surface area (Å²) in [6.07, 6.45) is -0.0144. The number of hydrogen-bond donors (Lipinski definition) is 3. The van der Waals surface area contributed by atoms with E-state index in [1.54, 1.807) is 48.5 Å². The van der Waals surface area contributed by atoms with E-state index in [1.807, 2.05) is 43.3 Å². The third kappa shape index (κ3) is 5.12. The summed E-state index contributed by atoms with van der Waals surface area (Å²) in [7, 11) is 0. The maximum Gasteiger partial charge on any atom is 0.262 e. The molecule has 8 nitrogen and oxygen atoms in total. The van der Waals surface area contributed by atoms with Crippen LogP contribution in [0.1, 0.15) is 35.3 Å². The van der Waals surface area contributed by atoms with Crippen LogP contribution < -0.4 is 21.7 Å². The van der Waals surface area contributed by atoms with Gasteiger partial charge in [0, 0.05) is 12.1 Å². The number of carbonyl (C=O) groups is 2. The number of benzene rings is 3. The number of rotatable bonds is 8. The highest BCUT2D eigenvalue weighted by molar-refractivity contribution is 5.94. The van der Waals surface area contributed by atoms with Gasteiger partial charge in [0.2, 0.25) is 11.9 Å². The van der Waals surface area contributed by atoms with E-state index in [1.165, 1.54) is 4.57 Å². The summed E-state index contributed by atoms with van der Waals surface area (Å²) in [6, 6.07) is 24.6. The molecule has 0 bridgehead atoms. The Morgan fingerprint density at radius 3 is 2.26 bits per heavy atom. The predicted molar refractivity (Wildman–Crippen MR) is 131 cm³/mol. The van der Waals surface area contributed by atoms with Crippen LogP contribution in [0.4, 0.5) is 5.95 Å². The molecule has 0 saturated carbocycles. The zero-order chi connectivity index (χ0) is 23.9. The highest BCUT2D eigenvalue weighted by Gasteiger charge is 2.20. The molecule has 1 aromatic heterocycles. The quantitative estimate of drug-likeness (QED) is 0.353. The normalized spacial score (nSPS) is 11.6. The highest BCUT2D eigenvalue weighted by Crippen LogP contribution is 2.18. The van der Waals surface area contributed by atoms with Gasteiger partial charge in [0.25, 0.3) is 11.5 Å². The van der Waals surface area contributed by atoms with E-state index in [4.69, 9.17) is 0 Å². The summed E-state index contributed by atoms with van der Waals surface area (Å²) in [5.41, 5.74) is 7.05. The lowest BCUT2D eigenvalue weighted by molar-refractivity contribution is -0.121. The first-order chi connectivity index (χ1) is 16.6. The molecule has 1 atom stereocenters. The first kappa shape index (κ1) is 22.7. The molecule has 8 heteroatoms. The van der Waals surface area contributed by atoms with Crippen molar-refractivity contribution in [1.82, 2.24) is 20.3 Å². The second kappa shape index (κ2) is 10.4. The van der Waals surface area contributed by atoms with Gasteiger partial charge < -0.3 is 5.32 Å². The molecule has 0 saturated heterocycles. The van der Waals surface area contributed by atoms with Crippen LogP contribution in [-0.4, -0.2) is 21.4 Å². The molecule has 2 amide bonds. The van der Waals surface area contributed by atoms with E-state index in [-0.39, 0.29) is 29.7 Å². The molecule has 0 spiro atoms. The summed E-state index contributed by atoms with van der Waals surface area (Å²) < 4.78 is 1.45. The number of amides is 2. The number of para-hydroxylation sites is 1. The van der Waals surface area contributed by atoms with Gasteiger partial charge in [0.05, 0.1) is 23.4 Å². The molecular weight excluding hydrogens is 430 g/mol. The highest BCUT2D eigenvalue weighted by atomic mass is 16.2. The van der Waals surface area contributed by atoms with Gasteiger partial charge in [-0.25, -0.2) is 4.98 Å². The van der Waals surface area contributed by atoms with Gasteiger partial charge in [-0.05, 0) is 36.8 Å². The standard InChI is InChI=1S/C26H25N5O3/c1-2-31-25(34)20-15-9-10-16-21(20)28-26(31)30-29-23(32)17-22(18-11-5-3-6-12-18)27-24(33)19-13-7-4-8-14-19/h3-16,22H,2,17H2,1H3,(H,27,33)(H,28,30)(H,29,32). The lowest BCUT2D eigenvalue weighted by atomic mass is 10.0. The van der Waals surface area contributed by atoms with E-state index in [0.29, 0.717) is 23.0 Å².